The van der Waals surface area contributed by atoms with Crippen molar-refractivity contribution in [2.75, 3.05) is 20.1 Å². The zero-order chi connectivity index (χ0) is 17.6. The van der Waals surface area contributed by atoms with E-state index in [0.29, 0.717) is 6.54 Å². The summed E-state index contributed by atoms with van der Waals surface area (Å²) in [6.45, 7) is 4.83. The minimum absolute atomic E-state index is 0.0695. The van der Waals surface area contributed by atoms with E-state index in [0.717, 1.165) is 24.6 Å². The maximum atomic E-state index is 12.6. The monoisotopic (exact) mass is 347 g/mol. The number of hydrogen-bond donors (Lipinski definition) is 0. The van der Waals surface area contributed by atoms with Gasteiger partial charge in [0.15, 0.2) is 5.82 Å². The SMILES string of the molecule is CC(c1ccon1)N(C)C(=O)Cn1nnnc1CN1CCCCCC1. The minimum atomic E-state index is -0.170. The van der Waals surface area contributed by atoms with Gasteiger partial charge in [-0.25, -0.2) is 4.68 Å². The van der Waals surface area contributed by atoms with Crippen molar-refractivity contribution in [2.24, 2.45) is 0 Å². The lowest BCUT2D eigenvalue weighted by Crippen LogP contribution is -2.34. The third kappa shape index (κ3) is 4.41. The number of nitrogens with zero attached hydrogens (tertiary/aromatic N) is 7. The molecule has 2 aromatic rings. The maximum Gasteiger partial charge on any atom is 0.244 e. The third-order valence-corrected chi connectivity index (χ3v) is 4.81. The number of hydrogen-bond acceptors (Lipinski definition) is 7. The molecule has 0 spiro atoms. The molecule has 136 valence electrons. The zero-order valence-corrected chi connectivity index (χ0v) is 14.8. The largest absolute Gasteiger partial charge is 0.364 e. The lowest BCUT2D eigenvalue weighted by atomic mass is 10.2. The first-order chi connectivity index (χ1) is 12.1. The van der Waals surface area contributed by atoms with Gasteiger partial charge in [0.25, 0.3) is 0 Å². The van der Waals surface area contributed by atoms with E-state index < -0.39 is 0 Å². The molecule has 25 heavy (non-hydrogen) atoms. The highest BCUT2D eigenvalue weighted by molar-refractivity contribution is 5.76. The molecule has 1 saturated heterocycles. The van der Waals surface area contributed by atoms with E-state index in [1.54, 1.807) is 22.7 Å². The number of amides is 1. The van der Waals surface area contributed by atoms with Crippen LogP contribution in [0.3, 0.4) is 0 Å². The van der Waals surface area contributed by atoms with Crippen LogP contribution < -0.4 is 0 Å². The fourth-order valence-electron chi connectivity index (χ4n) is 3.05. The fourth-order valence-corrected chi connectivity index (χ4v) is 3.05. The summed E-state index contributed by atoms with van der Waals surface area (Å²) >= 11 is 0. The topological polar surface area (TPSA) is 93.2 Å². The van der Waals surface area contributed by atoms with Crippen molar-refractivity contribution in [3.05, 3.63) is 23.8 Å². The molecule has 1 unspecified atom stereocenters. The number of rotatable bonds is 6. The molecular weight excluding hydrogens is 322 g/mol. The van der Waals surface area contributed by atoms with Crippen molar-refractivity contribution < 1.29 is 9.32 Å². The molecule has 0 radical (unpaired) electrons. The molecule has 1 aliphatic rings. The Labute approximate surface area is 146 Å². The Bertz CT molecular complexity index is 662. The summed E-state index contributed by atoms with van der Waals surface area (Å²) < 4.78 is 6.45. The lowest BCUT2D eigenvalue weighted by molar-refractivity contribution is -0.132. The summed E-state index contributed by atoms with van der Waals surface area (Å²) in [6, 6.07) is 1.59. The van der Waals surface area contributed by atoms with Crippen molar-refractivity contribution in [3.63, 3.8) is 0 Å². The molecule has 2 aromatic heterocycles. The van der Waals surface area contributed by atoms with Gasteiger partial charge in [-0.05, 0) is 43.3 Å². The maximum absolute atomic E-state index is 12.6. The number of carbonyl (C=O) groups excluding carboxylic acids is 1. The molecule has 9 nitrogen and oxygen atoms in total. The van der Waals surface area contributed by atoms with Crippen molar-refractivity contribution in [1.29, 1.82) is 0 Å². The highest BCUT2D eigenvalue weighted by Gasteiger charge is 2.22. The fraction of sp³-hybridized carbons (Fsp3) is 0.688. The highest BCUT2D eigenvalue weighted by Crippen LogP contribution is 2.17. The first-order valence-electron chi connectivity index (χ1n) is 8.78. The molecule has 0 saturated carbocycles. The van der Waals surface area contributed by atoms with Crippen LogP contribution in [-0.2, 0) is 17.9 Å². The molecular formula is C16H25N7O2. The number of aromatic nitrogens is 5. The Kier molecular flexibility index (Phi) is 5.75. The van der Waals surface area contributed by atoms with Gasteiger partial charge in [-0.15, -0.1) is 5.10 Å². The Morgan fingerprint density at radius 2 is 2.08 bits per heavy atom. The average molecular weight is 347 g/mol. The summed E-state index contributed by atoms with van der Waals surface area (Å²) in [5.41, 5.74) is 0.720. The van der Waals surface area contributed by atoms with Gasteiger partial charge < -0.3 is 9.42 Å². The molecule has 1 amide bonds. The molecule has 1 atom stereocenters. The predicted octanol–water partition coefficient (Wildman–Crippen LogP) is 1.26. The summed E-state index contributed by atoms with van der Waals surface area (Å²) in [5.74, 6) is 0.664. The smallest absolute Gasteiger partial charge is 0.244 e. The van der Waals surface area contributed by atoms with Gasteiger partial charge in [-0.2, -0.15) is 0 Å². The van der Waals surface area contributed by atoms with Crippen LogP contribution in [0.15, 0.2) is 16.9 Å². The molecule has 3 heterocycles. The Morgan fingerprint density at radius 1 is 1.32 bits per heavy atom. The van der Waals surface area contributed by atoms with Crippen molar-refractivity contribution in [2.45, 2.75) is 51.7 Å². The second kappa shape index (κ2) is 8.19. The normalized spacial score (nSPS) is 17.2. The summed E-state index contributed by atoms with van der Waals surface area (Å²) in [7, 11) is 1.75. The van der Waals surface area contributed by atoms with Crippen molar-refractivity contribution in [3.8, 4) is 0 Å². The first kappa shape index (κ1) is 17.5. The summed E-state index contributed by atoms with van der Waals surface area (Å²) in [5, 5.41) is 15.8. The molecule has 9 heteroatoms. The van der Waals surface area contributed by atoms with Gasteiger partial charge in [-0.1, -0.05) is 18.0 Å². The Balaban J connectivity index is 1.61. The minimum Gasteiger partial charge on any atom is -0.364 e. The molecule has 1 fully saturated rings. The van der Waals surface area contributed by atoms with E-state index in [4.69, 9.17) is 4.52 Å². The van der Waals surface area contributed by atoms with Gasteiger partial charge in [-0.3, -0.25) is 9.69 Å². The van der Waals surface area contributed by atoms with Gasteiger partial charge in [0.2, 0.25) is 5.91 Å². The Morgan fingerprint density at radius 3 is 2.76 bits per heavy atom. The molecule has 1 aliphatic heterocycles. The second-order valence-corrected chi connectivity index (χ2v) is 6.55. The van der Waals surface area contributed by atoms with Crippen LogP contribution in [-0.4, -0.2) is 61.2 Å². The van der Waals surface area contributed by atoms with Crippen LogP contribution in [0, 0.1) is 0 Å². The van der Waals surface area contributed by atoms with Gasteiger partial charge in [0, 0.05) is 13.1 Å². The second-order valence-electron chi connectivity index (χ2n) is 6.55. The first-order valence-corrected chi connectivity index (χ1v) is 8.78. The number of likely N-dealkylation sites (N-methyl/N-ethyl adjacent to an activating group) is 1. The molecule has 0 bridgehead atoms. The van der Waals surface area contributed by atoms with Crippen LogP contribution >= 0.6 is 0 Å². The molecule has 0 N–H and O–H groups in total. The van der Waals surface area contributed by atoms with Crippen LogP contribution in [0.5, 0.6) is 0 Å². The van der Waals surface area contributed by atoms with Crippen LogP contribution in [0.1, 0.15) is 50.2 Å². The average Bonchev–Trinajstić information content (AvgIpc) is 3.22. The van der Waals surface area contributed by atoms with E-state index in [9.17, 15) is 4.79 Å². The van der Waals surface area contributed by atoms with E-state index in [1.165, 1.54) is 31.9 Å². The molecule has 0 aromatic carbocycles. The van der Waals surface area contributed by atoms with Gasteiger partial charge in [0.1, 0.15) is 18.5 Å². The predicted molar refractivity (Wildman–Crippen MR) is 89.3 cm³/mol. The van der Waals surface area contributed by atoms with Crippen molar-refractivity contribution >= 4 is 5.91 Å². The quantitative estimate of drug-likeness (QED) is 0.776. The summed E-state index contributed by atoms with van der Waals surface area (Å²) in [6.07, 6.45) is 6.48. The lowest BCUT2D eigenvalue weighted by Gasteiger charge is -2.23. The van der Waals surface area contributed by atoms with Gasteiger partial charge in [0.05, 0.1) is 12.6 Å². The van der Waals surface area contributed by atoms with Crippen molar-refractivity contribution in [1.82, 2.24) is 35.2 Å². The number of tetrazole rings is 1. The molecule has 3 rings (SSSR count). The van der Waals surface area contributed by atoms with Crippen LogP contribution in [0.2, 0.25) is 0 Å². The molecule has 0 aliphatic carbocycles. The van der Waals surface area contributed by atoms with Crippen LogP contribution in [0.25, 0.3) is 0 Å². The van der Waals surface area contributed by atoms with E-state index in [2.05, 4.69) is 25.6 Å². The van der Waals surface area contributed by atoms with E-state index >= 15 is 0 Å². The zero-order valence-electron chi connectivity index (χ0n) is 14.8. The van der Waals surface area contributed by atoms with Crippen LogP contribution in [0.4, 0.5) is 0 Å². The highest BCUT2D eigenvalue weighted by atomic mass is 16.5. The third-order valence-electron chi connectivity index (χ3n) is 4.81. The van der Waals surface area contributed by atoms with Gasteiger partial charge >= 0.3 is 0 Å². The Hall–Kier alpha value is -2.29. The number of carbonyl (C=O) groups is 1. The number of likely N-dealkylation sites (tertiary alicyclic amines) is 1. The van der Waals surface area contributed by atoms with E-state index in [1.807, 2.05) is 6.92 Å². The summed E-state index contributed by atoms with van der Waals surface area (Å²) in [4.78, 5) is 16.6. The standard InChI is InChI=1S/C16H25N7O2/c1-13(14-7-10-25-18-14)21(2)16(24)12-23-15(17-19-20-23)11-22-8-5-3-4-6-9-22/h7,10,13H,3-6,8-9,11-12H2,1-2H3. The van der Waals surface area contributed by atoms with E-state index in [-0.39, 0.29) is 18.5 Å².